The highest BCUT2D eigenvalue weighted by Gasteiger charge is 2.31. The van der Waals surface area contributed by atoms with Gasteiger partial charge < -0.3 is 9.84 Å². The summed E-state index contributed by atoms with van der Waals surface area (Å²) in [5, 5.41) is 11.8. The number of aliphatic carboxylic acids is 1. The first-order valence-electron chi connectivity index (χ1n) is 11.2. The Kier molecular flexibility index (Phi) is 6.09. The second kappa shape index (κ2) is 8.74. The molecular weight excluding hydrogens is 362 g/mol. The Morgan fingerprint density at radius 2 is 1.79 bits per heavy atom. The van der Waals surface area contributed by atoms with Gasteiger partial charge in [0, 0.05) is 6.04 Å². The molecule has 4 heteroatoms. The highest BCUT2D eigenvalue weighted by Crippen LogP contribution is 2.35. The van der Waals surface area contributed by atoms with Crippen molar-refractivity contribution in [3.05, 3.63) is 42.0 Å². The molecule has 29 heavy (non-hydrogen) atoms. The van der Waals surface area contributed by atoms with Crippen LogP contribution in [0.15, 0.2) is 36.4 Å². The van der Waals surface area contributed by atoms with Gasteiger partial charge in [-0.05, 0) is 92.6 Å². The lowest BCUT2D eigenvalue weighted by Gasteiger charge is -2.36. The molecule has 4 nitrogen and oxygen atoms in total. The second-order valence-electron chi connectivity index (χ2n) is 8.99. The summed E-state index contributed by atoms with van der Waals surface area (Å²) in [4.78, 5) is 13.7. The number of piperidine rings is 1. The normalized spacial score (nSPS) is 28.3. The molecule has 1 aliphatic carbocycles. The molecule has 0 bridgehead atoms. The van der Waals surface area contributed by atoms with Crippen molar-refractivity contribution in [2.45, 2.75) is 64.0 Å². The molecule has 4 rings (SSSR count). The van der Waals surface area contributed by atoms with E-state index in [0.717, 1.165) is 37.5 Å². The number of carbonyl (C=O) groups is 1. The lowest BCUT2D eigenvalue weighted by molar-refractivity contribution is -0.144. The van der Waals surface area contributed by atoms with Crippen molar-refractivity contribution in [1.29, 1.82) is 0 Å². The number of benzene rings is 2. The molecule has 2 fully saturated rings. The Morgan fingerprint density at radius 1 is 1.07 bits per heavy atom. The minimum absolute atomic E-state index is 0.166. The van der Waals surface area contributed by atoms with E-state index in [4.69, 9.17) is 4.74 Å². The fourth-order valence-electron chi connectivity index (χ4n) is 5.07. The van der Waals surface area contributed by atoms with Gasteiger partial charge in [0.15, 0.2) is 0 Å². The minimum Gasteiger partial charge on any atom is -0.490 e. The third-order valence-electron chi connectivity index (χ3n) is 7.11. The van der Waals surface area contributed by atoms with Crippen molar-refractivity contribution in [2.75, 3.05) is 13.6 Å². The van der Waals surface area contributed by atoms with Crippen LogP contribution < -0.4 is 4.74 Å². The highest BCUT2D eigenvalue weighted by atomic mass is 16.5. The van der Waals surface area contributed by atoms with Gasteiger partial charge in [0.25, 0.3) is 0 Å². The highest BCUT2D eigenvalue weighted by molar-refractivity contribution is 5.84. The summed E-state index contributed by atoms with van der Waals surface area (Å²) in [6.45, 7) is 3.11. The summed E-state index contributed by atoms with van der Waals surface area (Å²) in [7, 11) is 2.09. The van der Waals surface area contributed by atoms with Gasteiger partial charge in [-0.1, -0.05) is 31.5 Å². The summed E-state index contributed by atoms with van der Waals surface area (Å²) in [6.07, 6.45) is 7.93. The van der Waals surface area contributed by atoms with Crippen LogP contribution in [0.5, 0.6) is 5.75 Å². The van der Waals surface area contributed by atoms with Crippen LogP contribution in [0.3, 0.4) is 0 Å². The maximum absolute atomic E-state index is 11.5. The van der Waals surface area contributed by atoms with E-state index in [0.29, 0.717) is 12.5 Å². The molecule has 0 aromatic heterocycles. The topological polar surface area (TPSA) is 49.8 Å². The molecule has 0 spiro atoms. The van der Waals surface area contributed by atoms with Crippen LogP contribution in [0.1, 0.15) is 63.5 Å². The van der Waals surface area contributed by atoms with Gasteiger partial charge in [-0.3, -0.25) is 9.69 Å². The molecule has 2 aromatic rings. The molecule has 1 saturated heterocycles. The van der Waals surface area contributed by atoms with Crippen molar-refractivity contribution >= 4 is 16.7 Å². The maximum Gasteiger partial charge on any atom is 0.306 e. The van der Waals surface area contributed by atoms with Gasteiger partial charge in [-0.2, -0.15) is 0 Å². The van der Waals surface area contributed by atoms with Crippen molar-refractivity contribution in [3.63, 3.8) is 0 Å². The Morgan fingerprint density at radius 3 is 2.52 bits per heavy atom. The number of hydrogen-bond acceptors (Lipinski definition) is 3. The predicted octanol–water partition coefficient (Wildman–Crippen LogP) is 5.65. The molecule has 2 aromatic carbocycles. The van der Waals surface area contributed by atoms with Crippen molar-refractivity contribution < 1.29 is 14.6 Å². The summed E-state index contributed by atoms with van der Waals surface area (Å²) in [5.74, 6) is 0.929. The predicted molar refractivity (Wildman–Crippen MR) is 116 cm³/mol. The maximum atomic E-state index is 11.5. The van der Waals surface area contributed by atoms with E-state index < -0.39 is 5.97 Å². The summed E-state index contributed by atoms with van der Waals surface area (Å²) < 4.78 is 6.29. The van der Waals surface area contributed by atoms with Gasteiger partial charge in [-0.15, -0.1) is 0 Å². The van der Waals surface area contributed by atoms with Crippen LogP contribution in [0.4, 0.5) is 0 Å². The van der Waals surface area contributed by atoms with E-state index >= 15 is 0 Å². The van der Waals surface area contributed by atoms with E-state index in [1.807, 2.05) is 0 Å². The third-order valence-corrected chi connectivity index (χ3v) is 7.11. The number of hydrogen-bond donors (Lipinski definition) is 1. The number of rotatable bonds is 5. The van der Waals surface area contributed by atoms with Crippen molar-refractivity contribution in [3.8, 4) is 5.75 Å². The molecule has 2 atom stereocenters. The van der Waals surface area contributed by atoms with E-state index in [9.17, 15) is 9.90 Å². The van der Waals surface area contributed by atoms with Crippen LogP contribution in [0, 0.1) is 11.8 Å². The zero-order valence-electron chi connectivity index (χ0n) is 17.6. The first-order valence-corrected chi connectivity index (χ1v) is 11.2. The zero-order valence-corrected chi connectivity index (χ0v) is 17.6. The Hall–Kier alpha value is -2.07. The fraction of sp³-hybridized carbons (Fsp3) is 0.560. The average Bonchev–Trinajstić information content (AvgIpc) is 2.74. The standard InChI is InChI=1S/C25H33NO3/c1-3-17-4-9-22(10-5-17)29-23-11-8-18-14-20(7-6-19(18)15-23)24-16-21(25(27)28)12-13-26(24)2/h6-8,11,14-15,17,21-22,24H,3-5,9-10,12-13,16H2,1-2H3,(H,27,28). The molecule has 1 N–H and O–H groups in total. The van der Waals surface area contributed by atoms with E-state index in [2.05, 4.69) is 55.3 Å². The van der Waals surface area contributed by atoms with E-state index in [1.54, 1.807) is 0 Å². The van der Waals surface area contributed by atoms with Crippen molar-refractivity contribution in [2.24, 2.45) is 11.8 Å². The largest absolute Gasteiger partial charge is 0.490 e. The number of carboxylic acid groups (broad SMARTS) is 1. The van der Waals surface area contributed by atoms with Crippen LogP contribution in [0.25, 0.3) is 10.8 Å². The quantitative estimate of drug-likeness (QED) is 0.710. The molecule has 1 heterocycles. The van der Waals surface area contributed by atoms with E-state index in [1.165, 1.54) is 35.6 Å². The first-order chi connectivity index (χ1) is 14.0. The summed E-state index contributed by atoms with van der Waals surface area (Å²) >= 11 is 0. The third kappa shape index (κ3) is 4.58. The van der Waals surface area contributed by atoms with Gasteiger partial charge in [0.1, 0.15) is 5.75 Å². The molecular formula is C25H33NO3. The van der Waals surface area contributed by atoms with Crippen LogP contribution >= 0.6 is 0 Å². The number of nitrogens with zero attached hydrogens (tertiary/aromatic N) is 1. The molecule has 156 valence electrons. The van der Waals surface area contributed by atoms with Crippen LogP contribution in [-0.4, -0.2) is 35.7 Å². The minimum atomic E-state index is -0.668. The molecule has 1 saturated carbocycles. The lowest BCUT2D eigenvalue weighted by Crippen LogP contribution is -2.36. The van der Waals surface area contributed by atoms with Gasteiger partial charge >= 0.3 is 5.97 Å². The van der Waals surface area contributed by atoms with Gasteiger partial charge in [0.05, 0.1) is 12.0 Å². The number of likely N-dealkylation sites (tertiary alicyclic amines) is 1. The zero-order chi connectivity index (χ0) is 20.4. The summed E-state index contributed by atoms with van der Waals surface area (Å²) in [5.41, 5.74) is 1.21. The SMILES string of the molecule is CCC1CCC(Oc2ccc3cc(C4CC(C(=O)O)CCN4C)ccc3c2)CC1. The number of carboxylic acids is 1. The smallest absolute Gasteiger partial charge is 0.306 e. The van der Waals surface area contributed by atoms with Crippen LogP contribution in [0.2, 0.25) is 0 Å². The molecule has 1 aliphatic heterocycles. The Bertz CT molecular complexity index is 856. The molecule has 0 radical (unpaired) electrons. The summed E-state index contributed by atoms with van der Waals surface area (Å²) in [6, 6.07) is 13.1. The molecule has 2 aliphatic rings. The monoisotopic (exact) mass is 395 g/mol. The Labute approximate surface area is 173 Å². The van der Waals surface area contributed by atoms with E-state index in [-0.39, 0.29) is 12.0 Å². The molecule has 2 unspecified atom stereocenters. The van der Waals surface area contributed by atoms with Crippen molar-refractivity contribution in [1.82, 2.24) is 4.90 Å². The number of ether oxygens (including phenoxy) is 1. The van der Waals surface area contributed by atoms with Gasteiger partial charge in [0.2, 0.25) is 0 Å². The number of fused-ring (bicyclic) bond motifs is 1. The Balaban J connectivity index is 1.48. The second-order valence-corrected chi connectivity index (χ2v) is 8.99. The molecule has 0 amide bonds. The fourth-order valence-corrected chi connectivity index (χ4v) is 5.07. The van der Waals surface area contributed by atoms with Crippen LogP contribution in [-0.2, 0) is 4.79 Å². The first kappa shape index (κ1) is 20.2. The lowest BCUT2D eigenvalue weighted by atomic mass is 9.86. The average molecular weight is 396 g/mol. The van der Waals surface area contributed by atoms with Gasteiger partial charge in [-0.25, -0.2) is 0 Å².